The first-order valence-electron chi connectivity index (χ1n) is 33.2. The van der Waals surface area contributed by atoms with Crippen LogP contribution in [0.1, 0.15) is 297 Å². The Morgan fingerprint density at radius 3 is 0.762 bits per heavy atom. The lowest BCUT2D eigenvalue weighted by Crippen LogP contribution is -2.30. The van der Waals surface area contributed by atoms with Crippen LogP contribution in [0.3, 0.4) is 0 Å². The van der Waals surface area contributed by atoms with Crippen molar-refractivity contribution in [1.82, 2.24) is 0 Å². The van der Waals surface area contributed by atoms with Gasteiger partial charge >= 0.3 is 17.9 Å². The SMILES string of the molecule is CC/C=C\C/C=C\C/C=C\C/C=C\C/C=C\C/C=C\C/C=C\C/C=C\CCCCCCCCCCC(=O)OCC(COC(=O)CCCCCCCCCCCCCCCC)OC(=O)CCCCCCC/C=C\C/C=C\C/C=C\CC. The van der Waals surface area contributed by atoms with Gasteiger partial charge in [-0.15, -0.1) is 0 Å². The fourth-order valence-electron chi connectivity index (χ4n) is 9.00. The van der Waals surface area contributed by atoms with Crippen LogP contribution in [0.4, 0.5) is 0 Å². The summed E-state index contributed by atoms with van der Waals surface area (Å²) in [5, 5.41) is 0. The van der Waals surface area contributed by atoms with Crippen molar-refractivity contribution in [2.45, 2.75) is 303 Å². The Kier molecular flexibility index (Phi) is 63.3. The van der Waals surface area contributed by atoms with Gasteiger partial charge in [-0.1, -0.05) is 296 Å². The van der Waals surface area contributed by atoms with Gasteiger partial charge in [0.2, 0.25) is 0 Å². The van der Waals surface area contributed by atoms with E-state index in [9.17, 15) is 14.4 Å². The zero-order valence-corrected chi connectivity index (χ0v) is 52.0. The summed E-state index contributed by atoms with van der Waals surface area (Å²) in [6.07, 6.45) is 94.6. The monoisotopic (exact) mass is 1110 g/mol. The van der Waals surface area contributed by atoms with Gasteiger partial charge in [-0.3, -0.25) is 14.4 Å². The normalized spacial score (nSPS) is 13.0. The average molecular weight is 1110 g/mol. The van der Waals surface area contributed by atoms with E-state index in [4.69, 9.17) is 14.2 Å². The van der Waals surface area contributed by atoms with Crippen molar-refractivity contribution in [2.75, 3.05) is 13.2 Å². The van der Waals surface area contributed by atoms with Crippen molar-refractivity contribution >= 4 is 17.9 Å². The van der Waals surface area contributed by atoms with Gasteiger partial charge in [-0.25, -0.2) is 0 Å². The lowest BCUT2D eigenvalue weighted by atomic mass is 10.0. The van der Waals surface area contributed by atoms with Crippen molar-refractivity contribution in [2.24, 2.45) is 0 Å². The molecule has 0 saturated carbocycles. The summed E-state index contributed by atoms with van der Waals surface area (Å²) < 4.78 is 16.9. The third kappa shape index (κ3) is 64.4. The Morgan fingerprint density at radius 1 is 0.263 bits per heavy atom. The number of allylic oxidation sites excluding steroid dienone is 22. The molecule has 6 heteroatoms. The van der Waals surface area contributed by atoms with Gasteiger partial charge in [0, 0.05) is 19.3 Å². The van der Waals surface area contributed by atoms with Crippen LogP contribution in [0.15, 0.2) is 134 Å². The van der Waals surface area contributed by atoms with Crippen molar-refractivity contribution in [3.8, 4) is 0 Å². The van der Waals surface area contributed by atoms with E-state index in [0.717, 1.165) is 154 Å². The molecule has 0 aliphatic rings. The minimum Gasteiger partial charge on any atom is -0.462 e. The van der Waals surface area contributed by atoms with Gasteiger partial charge in [0.15, 0.2) is 6.10 Å². The largest absolute Gasteiger partial charge is 0.462 e. The third-order valence-corrected chi connectivity index (χ3v) is 13.9. The van der Waals surface area contributed by atoms with Crippen LogP contribution in [0.5, 0.6) is 0 Å². The molecule has 0 radical (unpaired) electrons. The van der Waals surface area contributed by atoms with Crippen molar-refractivity contribution in [1.29, 1.82) is 0 Å². The molecule has 0 heterocycles. The molecule has 0 saturated heterocycles. The first-order valence-corrected chi connectivity index (χ1v) is 33.2. The standard InChI is InChI=1S/C74H122O6/c1-4-7-10-13-16-19-22-25-28-29-30-31-32-33-34-35-36-37-38-39-40-41-42-43-44-45-47-49-52-55-58-61-64-67-73(76)79-70-71(69-78-72(75)66-63-60-57-54-51-48-27-24-21-18-15-12-9-6-3)80-74(77)68-65-62-59-56-53-50-46-26-23-20-17-14-11-8-5-2/h7-8,10-11,16-17,19-20,25-26,28,30-31,33-34,36-37,39-40,42-43,46,71H,4-6,9,12-15,18,21-24,27,29,32,35,38,41,44-45,47-70H2,1-3H3/b10-7-,11-8-,19-16-,20-17-,28-25-,31-30-,34-33-,37-36-,40-39-,43-42-,46-26-. The van der Waals surface area contributed by atoms with Crippen LogP contribution in [-0.2, 0) is 28.6 Å². The number of unbranched alkanes of at least 4 members (excludes halogenated alkanes) is 26. The fourth-order valence-corrected chi connectivity index (χ4v) is 9.00. The third-order valence-electron chi connectivity index (χ3n) is 13.9. The molecule has 1 atom stereocenters. The fraction of sp³-hybridized carbons (Fsp3) is 0.662. The second-order valence-electron chi connectivity index (χ2n) is 21.6. The molecule has 0 aromatic heterocycles. The molecule has 0 spiro atoms. The zero-order chi connectivity index (χ0) is 57.8. The number of ether oxygens (including phenoxy) is 3. The van der Waals surface area contributed by atoms with E-state index in [1.165, 1.54) is 103 Å². The van der Waals surface area contributed by atoms with Crippen molar-refractivity contribution < 1.29 is 28.6 Å². The van der Waals surface area contributed by atoms with Gasteiger partial charge in [-0.2, -0.15) is 0 Å². The maximum atomic E-state index is 12.9. The van der Waals surface area contributed by atoms with Crippen LogP contribution >= 0.6 is 0 Å². The molecule has 0 aromatic rings. The Morgan fingerprint density at radius 2 is 0.487 bits per heavy atom. The smallest absolute Gasteiger partial charge is 0.306 e. The summed E-state index contributed by atoms with van der Waals surface area (Å²) in [7, 11) is 0. The average Bonchev–Trinajstić information content (AvgIpc) is 3.46. The minimum absolute atomic E-state index is 0.0877. The Bertz CT molecular complexity index is 1700. The summed E-state index contributed by atoms with van der Waals surface area (Å²) in [6, 6.07) is 0. The van der Waals surface area contributed by atoms with Crippen LogP contribution in [0.2, 0.25) is 0 Å². The van der Waals surface area contributed by atoms with E-state index < -0.39 is 6.10 Å². The highest BCUT2D eigenvalue weighted by Crippen LogP contribution is 2.16. The summed E-state index contributed by atoms with van der Waals surface area (Å²) >= 11 is 0. The second kappa shape index (κ2) is 67.1. The van der Waals surface area contributed by atoms with Gasteiger partial charge in [0.25, 0.3) is 0 Å². The highest BCUT2D eigenvalue weighted by molar-refractivity contribution is 5.71. The number of hydrogen-bond donors (Lipinski definition) is 0. The van der Waals surface area contributed by atoms with Gasteiger partial charge in [-0.05, 0) is 116 Å². The molecular weight excluding hydrogens is 985 g/mol. The van der Waals surface area contributed by atoms with E-state index in [-0.39, 0.29) is 31.1 Å². The number of carbonyl (C=O) groups excluding carboxylic acids is 3. The van der Waals surface area contributed by atoms with Crippen LogP contribution in [0, 0.1) is 0 Å². The zero-order valence-electron chi connectivity index (χ0n) is 52.0. The molecule has 0 bridgehead atoms. The molecule has 6 nitrogen and oxygen atoms in total. The lowest BCUT2D eigenvalue weighted by molar-refractivity contribution is -0.167. The molecule has 0 aliphatic carbocycles. The molecule has 0 N–H and O–H groups in total. The van der Waals surface area contributed by atoms with E-state index in [1.54, 1.807) is 0 Å². The van der Waals surface area contributed by atoms with Gasteiger partial charge < -0.3 is 14.2 Å². The van der Waals surface area contributed by atoms with Crippen LogP contribution in [-0.4, -0.2) is 37.2 Å². The lowest BCUT2D eigenvalue weighted by Gasteiger charge is -2.18. The Balaban J connectivity index is 4.29. The summed E-state index contributed by atoms with van der Waals surface area (Å²) in [6.45, 7) is 6.41. The molecule has 0 aliphatic heterocycles. The highest BCUT2D eigenvalue weighted by atomic mass is 16.6. The molecule has 0 rings (SSSR count). The number of rotatable bonds is 59. The molecule has 1 unspecified atom stereocenters. The predicted octanol–water partition coefficient (Wildman–Crippen LogP) is 22.9. The molecule has 0 fully saturated rings. The molecule has 0 aromatic carbocycles. The van der Waals surface area contributed by atoms with Gasteiger partial charge in [0.1, 0.15) is 13.2 Å². The highest BCUT2D eigenvalue weighted by Gasteiger charge is 2.19. The number of carbonyl (C=O) groups is 3. The summed E-state index contributed by atoms with van der Waals surface area (Å²) in [4.78, 5) is 38.3. The summed E-state index contributed by atoms with van der Waals surface area (Å²) in [5.41, 5.74) is 0. The first-order chi connectivity index (χ1) is 39.5. The van der Waals surface area contributed by atoms with Crippen LogP contribution < -0.4 is 0 Å². The molecule has 0 amide bonds. The molecule has 80 heavy (non-hydrogen) atoms. The number of esters is 3. The summed E-state index contributed by atoms with van der Waals surface area (Å²) in [5.74, 6) is -0.908. The van der Waals surface area contributed by atoms with E-state index >= 15 is 0 Å². The maximum Gasteiger partial charge on any atom is 0.306 e. The Hall–Kier alpha value is -4.45. The van der Waals surface area contributed by atoms with Gasteiger partial charge in [0.05, 0.1) is 0 Å². The maximum absolute atomic E-state index is 12.9. The predicted molar refractivity (Wildman–Crippen MR) is 348 cm³/mol. The van der Waals surface area contributed by atoms with Crippen molar-refractivity contribution in [3.63, 3.8) is 0 Å². The van der Waals surface area contributed by atoms with E-state index in [0.29, 0.717) is 19.3 Å². The van der Waals surface area contributed by atoms with Crippen molar-refractivity contribution in [3.05, 3.63) is 134 Å². The molecule has 454 valence electrons. The van der Waals surface area contributed by atoms with Crippen LogP contribution in [0.25, 0.3) is 0 Å². The quantitative estimate of drug-likeness (QED) is 0.0261. The van der Waals surface area contributed by atoms with E-state index in [2.05, 4.69) is 154 Å². The van der Waals surface area contributed by atoms with E-state index in [1.807, 2.05) is 0 Å². The minimum atomic E-state index is -0.793. The molecular formula is C74H122O6. The topological polar surface area (TPSA) is 78.9 Å². The second-order valence-corrected chi connectivity index (χ2v) is 21.6. The number of hydrogen-bond acceptors (Lipinski definition) is 6. The Labute approximate surface area is 494 Å². The first kappa shape index (κ1) is 75.5.